The molecule has 1 aromatic heterocycles. The van der Waals surface area contributed by atoms with E-state index < -0.39 is 0 Å². The van der Waals surface area contributed by atoms with E-state index in [1.54, 1.807) is 11.3 Å². The standard InChI is InChI=1S/C11H8Br3NS/c12-7-1-3-9(13)10(5-7)15-6-8-2-4-11(14)16-8/h1-5,15H,6H2. The van der Waals surface area contributed by atoms with Gasteiger partial charge in [-0.2, -0.15) is 0 Å². The van der Waals surface area contributed by atoms with Crippen molar-refractivity contribution in [1.82, 2.24) is 0 Å². The molecule has 16 heavy (non-hydrogen) atoms. The number of hydrogen-bond acceptors (Lipinski definition) is 2. The maximum atomic E-state index is 3.52. The maximum absolute atomic E-state index is 3.52. The molecule has 0 atom stereocenters. The van der Waals surface area contributed by atoms with Gasteiger partial charge < -0.3 is 5.32 Å². The lowest BCUT2D eigenvalue weighted by Crippen LogP contribution is -1.97. The lowest BCUT2D eigenvalue weighted by atomic mass is 10.3. The summed E-state index contributed by atoms with van der Waals surface area (Å²) in [6, 6.07) is 10.3. The third-order valence-corrected chi connectivity index (χ3v) is 4.82. The molecule has 0 aliphatic heterocycles. The SMILES string of the molecule is Brc1ccc(Br)c(NCc2ccc(Br)s2)c1. The van der Waals surface area contributed by atoms with Crippen LogP contribution in [0, 0.1) is 0 Å². The van der Waals surface area contributed by atoms with Crippen LogP contribution in [0.3, 0.4) is 0 Å². The minimum absolute atomic E-state index is 0.839. The largest absolute Gasteiger partial charge is 0.379 e. The quantitative estimate of drug-likeness (QED) is 0.670. The second-order valence-corrected chi connectivity index (χ2v) is 7.50. The number of nitrogens with one attached hydrogen (secondary N) is 1. The van der Waals surface area contributed by atoms with Crippen molar-refractivity contribution in [2.75, 3.05) is 5.32 Å². The highest BCUT2D eigenvalue weighted by Crippen LogP contribution is 2.28. The normalized spacial score (nSPS) is 10.4. The minimum Gasteiger partial charge on any atom is -0.379 e. The van der Waals surface area contributed by atoms with Crippen LogP contribution in [0.4, 0.5) is 5.69 Å². The fourth-order valence-corrected chi connectivity index (χ4v) is 3.43. The van der Waals surface area contributed by atoms with Gasteiger partial charge in [0.15, 0.2) is 0 Å². The van der Waals surface area contributed by atoms with E-state index in [-0.39, 0.29) is 0 Å². The van der Waals surface area contributed by atoms with Crippen molar-refractivity contribution < 1.29 is 0 Å². The van der Waals surface area contributed by atoms with E-state index in [1.165, 1.54) is 4.88 Å². The van der Waals surface area contributed by atoms with E-state index in [0.29, 0.717) is 0 Å². The van der Waals surface area contributed by atoms with Gasteiger partial charge in [0.1, 0.15) is 0 Å². The highest BCUT2D eigenvalue weighted by atomic mass is 79.9. The molecule has 84 valence electrons. The molecule has 0 aliphatic rings. The van der Waals surface area contributed by atoms with Crippen molar-refractivity contribution in [3.05, 3.63) is 47.9 Å². The second kappa shape index (κ2) is 5.67. The van der Waals surface area contributed by atoms with Crippen molar-refractivity contribution in [2.24, 2.45) is 0 Å². The average Bonchev–Trinajstić information content (AvgIpc) is 2.66. The molecule has 2 rings (SSSR count). The van der Waals surface area contributed by atoms with E-state index in [4.69, 9.17) is 0 Å². The first-order valence-corrected chi connectivity index (χ1v) is 7.78. The summed E-state index contributed by atoms with van der Waals surface area (Å²) in [6.07, 6.45) is 0. The van der Waals surface area contributed by atoms with Crippen molar-refractivity contribution in [1.29, 1.82) is 0 Å². The molecule has 0 unspecified atom stereocenters. The Morgan fingerprint density at radius 1 is 1.06 bits per heavy atom. The van der Waals surface area contributed by atoms with Gasteiger partial charge in [-0.3, -0.25) is 0 Å². The molecule has 2 aromatic rings. The summed E-state index contributed by atoms with van der Waals surface area (Å²) in [6.45, 7) is 0.839. The Balaban J connectivity index is 2.07. The van der Waals surface area contributed by atoms with Crippen LogP contribution in [0.5, 0.6) is 0 Å². The fourth-order valence-electron chi connectivity index (χ4n) is 1.26. The lowest BCUT2D eigenvalue weighted by molar-refractivity contribution is 1.19. The Bertz CT molecular complexity index is 496. The predicted octanol–water partition coefficient (Wildman–Crippen LogP) is 5.65. The Kier molecular flexibility index (Phi) is 4.47. The van der Waals surface area contributed by atoms with E-state index >= 15 is 0 Å². The summed E-state index contributed by atoms with van der Waals surface area (Å²) in [7, 11) is 0. The van der Waals surface area contributed by atoms with Crippen molar-refractivity contribution in [2.45, 2.75) is 6.54 Å². The highest BCUT2D eigenvalue weighted by Gasteiger charge is 2.02. The number of halogens is 3. The Labute approximate surface area is 124 Å². The lowest BCUT2D eigenvalue weighted by Gasteiger charge is -2.07. The van der Waals surface area contributed by atoms with Gasteiger partial charge in [0.25, 0.3) is 0 Å². The molecular weight excluding hydrogens is 418 g/mol. The van der Waals surface area contributed by atoms with Gasteiger partial charge >= 0.3 is 0 Å². The third-order valence-electron chi connectivity index (χ3n) is 2.01. The predicted molar refractivity (Wildman–Crippen MR) is 81.2 cm³/mol. The van der Waals surface area contributed by atoms with Crippen molar-refractivity contribution in [3.63, 3.8) is 0 Å². The monoisotopic (exact) mass is 423 g/mol. The summed E-state index contributed by atoms with van der Waals surface area (Å²) >= 11 is 12.2. The molecule has 1 heterocycles. The van der Waals surface area contributed by atoms with Gasteiger partial charge in [-0.1, -0.05) is 15.9 Å². The average molecular weight is 426 g/mol. The number of thiophene rings is 1. The summed E-state index contributed by atoms with van der Waals surface area (Å²) < 4.78 is 3.31. The zero-order valence-electron chi connectivity index (χ0n) is 8.14. The highest BCUT2D eigenvalue weighted by molar-refractivity contribution is 9.11. The molecule has 0 radical (unpaired) electrons. The summed E-state index contributed by atoms with van der Waals surface area (Å²) in [5.41, 5.74) is 1.10. The van der Waals surface area contributed by atoms with E-state index in [9.17, 15) is 0 Å². The van der Waals surface area contributed by atoms with Gasteiger partial charge in [0, 0.05) is 26.1 Å². The summed E-state index contributed by atoms with van der Waals surface area (Å²) in [5.74, 6) is 0. The molecule has 0 aliphatic carbocycles. The molecular formula is C11H8Br3NS. The maximum Gasteiger partial charge on any atom is 0.0702 e. The summed E-state index contributed by atoms with van der Waals surface area (Å²) in [4.78, 5) is 1.30. The molecule has 0 saturated carbocycles. The van der Waals surface area contributed by atoms with Crippen LogP contribution < -0.4 is 5.32 Å². The Hall–Kier alpha value is 0.160. The Morgan fingerprint density at radius 3 is 2.56 bits per heavy atom. The summed E-state index contributed by atoms with van der Waals surface area (Å²) in [5, 5.41) is 3.40. The molecule has 0 amide bonds. The van der Waals surface area contributed by atoms with Crippen LogP contribution in [0.15, 0.2) is 43.1 Å². The topological polar surface area (TPSA) is 12.0 Å². The molecule has 5 heteroatoms. The van der Waals surface area contributed by atoms with Crippen LogP contribution >= 0.6 is 59.1 Å². The van der Waals surface area contributed by atoms with Gasteiger partial charge in [0.05, 0.1) is 3.79 Å². The number of rotatable bonds is 3. The fraction of sp³-hybridized carbons (Fsp3) is 0.0909. The van der Waals surface area contributed by atoms with Gasteiger partial charge in [-0.25, -0.2) is 0 Å². The first-order valence-electron chi connectivity index (χ1n) is 4.58. The molecule has 0 spiro atoms. The van der Waals surface area contributed by atoms with E-state index in [2.05, 4.69) is 71.3 Å². The van der Waals surface area contributed by atoms with Crippen LogP contribution in [0.1, 0.15) is 4.88 Å². The minimum atomic E-state index is 0.839. The van der Waals surface area contributed by atoms with E-state index in [0.717, 1.165) is 25.0 Å². The first-order chi connectivity index (χ1) is 7.65. The van der Waals surface area contributed by atoms with Crippen molar-refractivity contribution in [3.8, 4) is 0 Å². The van der Waals surface area contributed by atoms with Gasteiger partial charge in [-0.05, 0) is 62.2 Å². The molecule has 1 N–H and O–H groups in total. The number of anilines is 1. The number of benzene rings is 1. The van der Waals surface area contributed by atoms with Crippen LogP contribution in [-0.4, -0.2) is 0 Å². The molecule has 1 aromatic carbocycles. The first kappa shape index (κ1) is 12.6. The smallest absolute Gasteiger partial charge is 0.0702 e. The van der Waals surface area contributed by atoms with Gasteiger partial charge in [0.2, 0.25) is 0 Å². The molecule has 0 fully saturated rings. The van der Waals surface area contributed by atoms with Crippen molar-refractivity contribution >= 4 is 64.8 Å². The van der Waals surface area contributed by atoms with Gasteiger partial charge in [-0.15, -0.1) is 11.3 Å². The van der Waals surface area contributed by atoms with E-state index in [1.807, 2.05) is 12.1 Å². The van der Waals surface area contributed by atoms with Crippen LogP contribution in [0.25, 0.3) is 0 Å². The zero-order chi connectivity index (χ0) is 11.5. The molecule has 1 nitrogen and oxygen atoms in total. The zero-order valence-corrected chi connectivity index (χ0v) is 13.7. The second-order valence-electron chi connectivity index (χ2n) is 3.18. The molecule has 0 saturated heterocycles. The molecule has 0 bridgehead atoms. The van der Waals surface area contributed by atoms with Crippen LogP contribution in [0.2, 0.25) is 0 Å². The Morgan fingerprint density at radius 2 is 1.88 bits per heavy atom. The van der Waals surface area contributed by atoms with Crippen LogP contribution in [-0.2, 0) is 6.54 Å². The third kappa shape index (κ3) is 3.32. The number of hydrogen-bond donors (Lipinski definition) is 1.